The molecule has 138 valence electrons. The van der Waals surface area contributed by atoms with Gasteiger partial charge in [-0.15, -0.1) is 0 Å². The molecule has 1 saturated heterocycles. The molecule has 2 aromatic rings. The predicted molar refractivity (Wildman–Crippen MR) is 102 cm³/mol. The third-order valence-corrected chi connectivity index (χ3v) is 6.02. The maximum Gasteiger partial charge on any atom is 0.255 e. The van der Waals surface area contributed by atoms with Crippen molar-refractivity contribution < 1.29 is 17.9 Å². The molecule has 1 aliphatic rings. The minimum absolute atomic E-state index is 0.146. The number of benzene rings is 2. The largest absolute Gasteiger partial charge is 0.494 e. The highest BCUT2D eigenvalue weighted by molar-refractivity contribution is 7.92. The van der Waals surface area contributed by atoms with Gasteiger partial charge in [0.15, 0.2) is 0 Å². The van der Waals surface area contributed by atoms with E-state index in [0.29, 0.717) is 42.3 Å². The highest BCUT2D eigenvalue weighted by Gasteiger charge is 2.26. The fourth-order valence-electron chi connectivity index (χ4n) is 2.91. The van der Waals surface area contributed by atoms with Gasteiger partial charge in [0.05, 0.1) is 18.0 Å². The molecule has 0 unspecified atom stereocenters. The quantitative estimate of drug-likeness (QED) is 0.871. The zero-order chi connectivity index (χ0) is 18.6. The van der Waals surface area contributed by atoms with E-state index in [1.165, 1.54) is 4.31 Å². The molecule has 1 fully saturated rings. The summed E-state index contributed by atoms with van der Waals surface area (Å²) in [5.41, 5.74) is 1.56. The molecule has 7 heteroatoms. The van der Waals surface area contributed by atoms with Gasteiger partial charge in [-0.2, -0.15) is 0 Å². The molecule has 1 N–H and O–H groups in total. The van der Waals surface area contributed by atoms with Crippen LogP contribution in [0.5, 0.6) is 5.75 Å². The zero-order valence-electron chi connectivity index (χ0n) is 14.6. The number of nitrogens with zero attached hydrogens (tertiary/aromatic N) is 1. The van der Waals surface area contributed by atoms with Gasteiger partial charge in [0.2, 0.25) is 10.0 Å². The molecule has 6 nitrogen and oxygen atoms in total. The van der Waals surface area contributed by atoms with Gasteiger partial charge in [-0.05, 0) is 50.1 Å². The summed E-state index contributed by atoms with van der Waals surface area (Å²) in [7, 11) is -3.30. The smallest absolute Gasteiger partial charge is 0.255 e. The molecule has 26 heavy (non-hydrogen) atoms. The predicted octanol–water partition coefficient (Wildman–Crippen LogP) is 3.27. The Kier molecular flexibility index (Phi) is 5.46. The summed E-state index contributed by atoms with van der Waals surface area (Å²) in [5.74, 6) is 0.529. The van der Waals surface area contributed by atoms with Crippen molar-refractivity contribution in [2.24, 2.45) is 0 Å². The normalized spacial score (nSPS) is 16.1. The minimum Gasteiger partial charge on any atom is -0.494 e. The van der Waals surface area contributed by atoms with Gasteiger partial charge in [0, 0.05) is 23.9 Å². The van der Waals surface area contributed by atoms with Crippen molar-refractivity contribution >= 4 is 27.3 Å². The lowest BCUT2D eigenvalue weighted by atomic mass is 10.1. The van der Waals surface area contributed by atoms with Gasteiger partial charge in [-0.3, -0.25) is 9.10 Å². The third-order valence-electron chi connectivity index (χ3n) is 4.15. The van der Waals surface area contributed by atoms with Crippen LogP contribution in [0.15, 0.2) is 48.5 Å². The van der Waals surface area contributed by atoms with Crippen LogP contribution in [-0.2, 0) is 10.0 Å². The number of rotatable bonds is 5. The molecule has 0 atom stereocenters. The lowest BCUT2D eigenvalue weighted by Gasteiger charge is -2.28. The lowest BCUT2D eigenvalue weighted by molar-refractivity contribution is 0.102. The van der Waals surface area contributed by atoms with E-state index in [-0.39, 0.29) is 11.7 Å². The van der Waals surface area contributed by atoms with E-state index in [1.807, 2.05) is 13.0 Å². The third kappa shape index (κ3) is 4.16. The summed E-state index contributed by atoms with van der Waals surface area (Å²) in [6.45, 7) is 2.89. The van der Waals surface area contributed by atoms with Gasteiger partial charge < -0.3 is 10.1 Å². The number of sulfonamides is 1. The van der Waals surface area contributed by atoms with Crippen LogP contribution in [0, 0.1) is 0 Å². The van der Waals surface area contributed by atoms with E-state index in [9.17, 15) is 13.2 Å². The second kappa shape index (κ2) is 7.78. The summed E-state index contributed by atoms with van der Waals surface area (Å²) in [4.78, 5) is 12.6. The number of ether oxygens (including phenoxy) is 1. The van der Waals surface area contributed by atoms with Crippen molar-refractivity contribution in [3.8, 4) is 5.75 Å². The van der Waals surface area contributed by atoms with Gasteiger partial charge in [0.25, 0.3) is 5.91 Å². The molecule has 1 amide bonds. The average molecular weight is 374 g/mol. The number of anilines is 2. The van der Waals surface area contributed by atoms with Crippen LogP contribution < -0.4 is 14.4 Å². The van der Waals surface area contributed by atoms with Gasteiger partial charge in [-0.25, -0.2) is 8.42 Å². The van der Waals surface area contributed by atoms with Crippen molar-refractivity contribution in [1.29, 1.82) is 0 Å². The Morgan fingerprint density at radius 1 is 1.15 bits per heavy atom. The number of amides is 1. The summed E-state index contributed by atoms with van der Waals surface area (Å²) >= 11 is 0. The molecule has 2 aromatic carbocycles. The Morgan fingerprint density at radius 3 is 2.73 bits per heavy atom. The molecule has 0 radical (unpaired) electrons. The summed E-state index contributed by atoms with van der Waals surface area (Å²) in [6, 6.07) is 13.9. The first-order chi connectivity index (χ1) is 12.5. The molecule has 3 rings (SSSR count). The Hall–Kier alpha value is -2.54. The van der Waals surface area contributed by atoms with E-state index in [2.05, 4.69) is 5.32 Å². The second-order valence-electron chi connectivity index (χ2n) is 6.06. The van der Waals surface area contributed by atoms with Crippen LogP contribution >= 0.6 is 0 Å². The number of carbonyl (C=O) groups is 1. The first kappa shape index (κ1) is 18.3. The van der Waals surface area contributed by atoms with Gasteiger partial charge >= 0.3 is 0 Å². The standard InChI is InChI=1S/C19H22N2O4S/c1-2-25-18-10-6-8-16(14-18)20-19(22)15-7-5-9-17(13-15)21-11-3-4-12-26(21,23)24/h5-10,13-14H,2-4,11-12H2,1H3,(H,20,22). The first-order valence-electron chi connectivity index (χ1n) is 8.64. The van der Waals surface area contributed by atoms with Crippen molar-refractivity contribution in [1.82, 2.24) is 0 Å². The monoisotopic (exact) mass is 374 g/mol. The van der Waals surface area contributed by atoms with Crippen LogP contribution in [-0.4, -0.2) is 33.2 Å². The van der Waals surface area contributed by atoms with Crippen LogP contribution in [0.3, 0.4) is 0 Å². The Morgan fingerprint density at radius 2 is 1.96 bits per heavy atom. The van der Waals surface area contributed by atoms with Gasteiger partial charge in [-0.1, -0.05) is 12.1 Å². The summed E-state index contributed by atoms with van der Waals surface area (Å²) in [5, 5.41) is 2.82. The molecule has 0 aliphatic carbocycles. The van der Waals surface area contributed by atoms with Crippen molar-refractivity contribution in [2.75, 3.05) is 28.5 Å². The number of hydrogen-bond acceptors (Lipinski definition) is 4. The summed E-state index contributed by atoms with van der Waals surface area (Å²) in [6.07, 6.45) is 1.50. The Balaban J connectivity index is 1.79. The number of carbonyl (C=O) groups excluding carboxylic acids is 1. The molecule has 0 saturated carbocycles. The molecule has 0 aromatic heterocycles. The zero-order valence-corrected chi connectivity index (χ0v) is 15.5. The first-order valence-corrected chi connectivity index (χ1v) is 10.3. The van der Waals surface area contributed by atoms with Crippen LogP contribution in [0.2, 0.25) is 0 Å². The number of hydrogen-bond donors (Lipinski definition) is 1. The Bertz CT molecular complexity index is 896. The lowest BCUT2D eigenvalue weighted by Crippen LogP contribution is -2.37. The SMILES string of the molecule is CCOc1cccc(NC(=O)c2cccc(N3CCCCS3(=O)=O)c2)c1. The molecule has 1 aliphatic heterocycles. The second-order valence-corrected chi connectivity index (χ2v) is 8.07. The topological polar surface area (TPSA) is 75.7 Å². The van der Waals surface area contributed by atoms with Crippen LogP contribution in [0.1, 0.15) is 30.1 Å². The summed E-state index contributed by atoms with van der Waals surface area (Å²) < 4.78 is 31.4. The van der Waals surface area contributed by atoms with Crippen LogP contribution in [0.25, 0.3) is 0 Å². The maximum absolute atomic E-state index is 12.6. The van der Waals surface area contributed by atoms with Crippen molar-refractivity contribution in [3.63, 3.8) is 0 Å². The van der Waals surface area contributed by atoms with E-state index < -0.39 is 10.0 Å². The average Bonchev–Trinajstić information content (AvgIpc) is 2.62. The molecule has 1 heterocycles. The highest BCUT2D eigenvalue weighted by atomic mass is 32.2. The van der Waals surface area contributed by atoms with Crippen molar-refractivity contribution in [3.05, 3.63) is 54.1 Å². The molecule has 0 spiro atoms. The molecular weight excluding hydrogens is 352 g/mol. The van der Waals surface area contributed by atoms with E-state index in [4.69, 9.17) is 4.74 Å². The highest BCUT2D eigenvalue weighted by Crippen LogP contribution is 2.25. The molecule has 0 bridgehead atoms. The fourth-order valence-corrected chi connectivity index (χ4v) is 4.55. The van der Waals surface area contributed by atoms with Crippen molar-refractivity contribution in [2.45, 2.75) is 19.8 Å². The Labute approximate surface area is 153 Å². The minimum atomic E-state index is -3.30. The van der Waals surface area contributed by atoms with E-state index in [0.717, 1.165) is 6.42 Å². The molecular formula is C19H22N2O4S. The maximum atomic E-state index is 12.6. The van der Waals surface area contributed by atoms with E-state index >= 15 is 0 Å². The van der Waals surface area contributed by atoms with Gasteiger partial charge in [0.1, 0.15) is 5.75 Å². The fraction of sp³-hybridized carbons (Fsp3) is 0.316. The van der Waals surface area contributed by atoms with Crippen LogP contribution in [0.4, 0.5) is 11.4 Å². The van der Waals surface area contributed by atoms with E-state index in [1.54, 1.807) is 42.5 Å². The number of nitrogens with one attached hydrogen (secondary N) is 1.